The van der Waals surface area contributed by atoms with Crippen LogP contribution in [0.2, 0.25) is 0 Å². The average Bonchev–Trinajstić information content (AvgIpc) is 2.24. The zero-order valence-electron chi connectivity index (χ0n) is 9.58. The molecule has 0 spiro atoms. The predicted molar refractivity (Wildman–Crippen MR) is 58.8 cm³/mol. The Morgan fingerprint density at radius 1 is 1.47 bits per heavy atom. The van der Waals surface area contributed by atoms with Gasteiger partial charge in [-0.05, 0) is 6.07 Å². The van der Waals surface area contributed by atoms with E-state index in [0.29, 0.717) is 18.8 Å². The third-order valence-electron chi connectivity index (χ3n) is 2.24. The first-order valence-corrected chi connectivity index (χ1v) is 4.89. The zero-order valence-corrected chi connectivity index (χ0v) is 9.58. The Kier molecular flexibility index (Phi) is 4.17. The summed E-state index contributed by atoms with van der Waals surface area (Å²) in [6.45, 7) is 0.849. The second-order valence-electron chi connectivity index (χ2n) is 3.54. The van der Waals surface area contributed by atoms with Crippen LogP contribution in [0.5, 0.6) is 0 Å². The van der Waals surface area contributed by atoms with Gasteiger partial charge in [0.15, 0.2) is 0 Å². The quantitative estimate of drug-likeness (QED) is 0.883. The monoisotopic (exact) mass is 249 g/mol. The third kappa shape index (κ3) is 3.48. The number of alkyl halides is 3. The van der Waals surface area contributed by atoms with E-state index in [0.717, 1.165) is 12.3 Å². The van der Waals surface area contributed by atoms with E-state index in [1.54, 1.807) is 11.9 Å². The van der Waals surface area contributed by atoms with Gasteiger partial charge in [-0.25, -0.2) is 4.98 Å². The van der Waals surface area contributed by atoms with Crippen LogP contribution in [0, 0.1) is 0 Å². The molecule has 1 aromatic rings. The normalized spacial score (nSPS) is 11.6. The maximum Gasteiger partial charge on any atom is 0.433 e. The molecule has 1 heterocycles. The van der Waals surface area contributed by atoms with Crippen molar-refractivity contribution < 1.29 is 17.9 Å². The average molecular weight is 249 g/mol. The van der Waals surface area contributed by atoms with Crippen molar-refractivity contribution in [1.29, 1.82) is 0 Å². The standard InChI is InChI=1S/C10H14F3N3O/c1-16(3-4-17-2)8-5-9(10(11,12)13)15-6-7(8)14/h5-6H,3-4,14H2,1-2H3. The second kappa shape index (κ2) is 5.22. The van der Waals surface area contributed by atoms with Gasteiger partial charge >= 0.3 is 6.18 Å². The van der Waals surface area contributed by atoms with E-state index in [2.05, 4.69) is 4.98 Å². The van der Waals surface area contributed by atoms with Crippen LogP contribution in [0.15, 0.2) is 12.3 Å². The van der Waals surface area contributed by atoms with E-state index in [-0.39, 0.29) is 5.69 Å². The highest BCUT2D eigenvalue weighted by atomic mass is 19.4. The molecule has 0 atom stereocenters. The van der Waals surface area contributed by atoms with E-state index in [1.807, 2.05) is 0 Å². The Balaban J connectivity index is 2.98. The molecule has 0 aliphatic rings. The molecule has 7 heteroatoms. The van der Waals surface area contributed by atoms with Gasteiger partial charge in [0.2, 0.25) is 0 Å². The first-order chi connectivity index (χ1) is 7.86. The lowest BCUT2D eigenvalue weighted by Gasteiger charge is -2.21. The number of nitrogens with two attached hydrogens (primary N) is 1. The van der Waals surface area contributed by atoms with Gasteiger partial charge in [-0.1, -0.05) is 0 Å². The summed E-state index contributed by atoms with van der Waals surface area (Å²) in [5.74, 6) is 0. The minimum absolute atomic E-state index is 0.205. The van der Waals surface area contributed by atoms with Gasteiger partial charge in [-0.2, -0.15) is 13.2 Å². The van der Waals surface area contributed by atoms with Crippen LogP contribution in [0.4, 0.5) is 24.5 Å². The molecule has 0 amide bonds. The molecule has 4 nitrogen and oxygen atoms in total. The van der Waals surface area contributed by atoms with Gasteiger partial charge < -0.3 is 15.4 Å². The van der Waals surface area contributed by atoms with Gasteiger partial charge in [0.25, 0.3) is 0 Å². The molecule has 0 fully saturated rings. The van der Waals surface area contributed by atoms with Crippen molar-refractivity contribution in [2.75, 3.05) is 37.9 Å². The predicted octanol–water partition coefficient (Wildman–Crippen LogP) is 1.77. The van der Waals surface area contributed by atoms with Crippen molar-refractivity contribution in [3.63, 3.8) is 0 Å². The van der Waals surface area contributed by atoms with Crippen molar-refractivity contribution >= 4 is 11.4 Å². The number of ether oxygens (including phenoxy) is 1. The number of aromatic nitrogens is 1. The molecule has 0 radical (unpaired) electrons. The molecule has 0 saturated carbocycles. The Hall–Kier alpha value is -1.50. The summed E-state index contributed by atoms with van der Waals surface area (Å²) in [5.41, 5.74) is 5.14. The Labute approximate surface area is 97.2 Å². The van der Waals surface area contributed by atoms with E-state index >= 15 is 0 Å². The molecule has 96 valence electrons. The van der Waals surface area contributed by atoms with Crippen LogP contribution in [0.25, 0.3) is 0 Å². The number of pyridine rings is 1. The maximum absolute atomic E-state index is 12.5. The molecule has 1 aromatic heterocycles. The lowest BCUT2D eigenvalue weighted by molar-refractivity contribution is -0.141. The molecule has 0 aliphatic heterocycles. The fourth-order valence-corrected chi connectivity index (χ4v) is 1.29. The first kappa shape index (κ1) is 13.6. The van der Waals surface area contributed by atoms with Crippen molar-refractivity contribution in [2.24, 2.45) is 0 Å². The number of nitrogens with zero attached hydrogens (tertiary/aromatic N) is 2. The van der Waals surface area contributed by atoms with Crippen LogP contribution in [-0.2, 0) is 10.9 Å². The Bertz CT molecular complexity index is 382. The van der Waals surface area contributed by atoms with Crippen molar-refractivity contribution in [3.05, 3.63) is 18.0 Å². The number of hydrogen-bond donors (Lipinski definition) is 1. The fourth-order valence-electron chi connectivity index (χ4n) is 1.29. The van der Waals surface area contributed by atoms with Gasteiger partial charge in [-0.3, -0.25) is 0 Å². The van der Waals surface area contributed by atoms with Gasteiger partial charge in [-0.15, -0.1) is 0 Å². The molecule has 0 aliphatic carbocycles. The minimum Gasteiger partial charge on any atom is -0.396 e. The van der Waals surface area contributed by atoms with E-state index in [1.165, 1.54) is 7.11 Å². The van der Waals surface area contributed by atoms with Crippen LogP contribution >= 0.6 is 0 Å². The summed E-state index contributed by atoms with van der Waals surface area (Å²) < 4.78 is 42.3. The smallest absolute Gasteiger partial charge is 0.396 e. The second-order valence-corrected chi connectivity index (χ2v) is 3.54. The highest BCUT2D eigenvalue weighted by Gasteiger charge is 2.33. The molecule has 0 bridgehead atoms. The highest BCUT2D eigenvalue weighted by molar-refractivity contribution is 5.66. The Morgan fingerprint density at radius 2 is 2.12 bits per heavy atom. The lowest BCUT2D eigenvalue weighted by atomic mass is 10.2. The highest BCUT2D eigenvalue weighted by Crippen LogP contribution is 2.32. The minimum atomic E-state index is -4.47. The molecular formula is C10H14F3N3O. The topological polar surface area (TPSA) is 51.4 Å². The maximum atomic E-state index is 12.5. The summed E-state index contributed by atoms with van der Waals surface area (Å²) in [4.78, 5) is 4.86. The lowest BCUT2D eigenvalue weighted by Crippen LogP contribution is -2.24. The van der Waals surface area contributed by atoms with Crippen LogP contribution < -0.4 is 10.6 Å². The first-order valence-electron chi connectivity index (χ1n) is 4.89. The molecular weight excluding hydrogens is 235 g/mol. The van der Waals surface area contributed by atoms with E-state index < -0.39 is 11.9 Å². The van der Waals surface area contributed by atoms with Crippen molar-refractivity contribution in [1.82, 2.24) is 4.98 Å². The van der Waals surface area contributed by atoms with Crippen LogP contribution in [0.1, 0.15) is 5.69 Å². The van der Waals surface area contributed by atoms with Crippen molar-refractivity contribution in [2.45, 2.75) is 6.18 Å². The number of methoxy groups -OCH3 is 1. The number of likely N-dealkylation sites (N-methyl/N-ethyl adjacent to an activating group) is 1. The number of rotatable bonds is 4. The summed E-state index contributed by atoms with van der Waals surface area (Å²) in [5, 5.41) is 0. The molecule has 17 heavy (non-hydrogen) atoms. The van der Waals surface area contributed by atoms with Crippen molar-refractivity contribution in [3.8, 4) is 0 Å². The molecule has 2 N–H and O–H groups in total. The van der Waals surface area contributed by atoms with E-state index in [9.17, 15) is 13.2 Å². The summed E-state index contributed by atoms with van der Waals surface area (Å²) in [7, 11) is 3.16. The largest absolute Gasteiger partial charge is 0.433 e. The third-order valence-corrected chi connectivity index (χ3v) is 2.24. The number of halogens is 3. The zero-order chi connectivity index (χ0) is 13.1. The van der Waals surface area contributed by atoms with Gasteiger partial charge in [0.1, 0.15) is 5.69 Å². The van der Waals surface area contributed by atoms with Crippen LogP contribution in [0.3, 0.4) is 0 Å². The fraction of sp³-hybridized carbons (Fsp3) is 0.500. The molecule has 0 aromatic carbocycles. The summed E-state index contributed by atoms with van der Waals surface area (Å²) >= 11 is 0. The molecule has 1 rings (SSSR count). The van der Waals surface area contributed by atoms with Gasteiger partial charge in [0.05, 0.1) is 24.2 Å². The van der Waals surface area contributed by atoms with E-state index in [4.69, 9.17) is 10.5 Å². The number of hydrogen-bond acceptors (Lipinski definition) is 4. The summed E-state index contributed by atoms with van der Waals surface area (Å²) in [6, 6.07) is 0.936. The number of nitrogen functional groups attached to an aromatic ring is 1. The molecule has 0 unspecified atom stereocenters. The molecule has 0 saturated heterocycles. The Morgan fingerprint density at radius 3 is 2.65 bits per heavy atom. The summed E-state index contributed by atoms with van der Waals surface area (Å²) in [6.07, 6.45) is -3.45. The van der Waals surface area contributed by atoms with Gasteiger partial charge in [0, 0.05) is 20.7 Å². The SMILES string of the molecule is COCCN(C)c1cc(C(F)(F)F)ncc1N. The number of anilines is 2. The van der Waals surface area contributed by atoms with Crippen LogP contribution in [-0.4, -0.2) is 32.3 Å².